The molecule has 0 aromatic heterocycles. The maximum Gasteiger partial charge on any atom is 0.331 e. The Balaban J connectivity index is 1.00. The van der Waals surface area contributed by atoms with Crippen LogP contribution in [0.2, 0.25) is 0 Å². The molecule has 0 amide bonds. The lowest BCUT2D eigenvalue weighted by molar-refractivity contribution is -0.340. The molecule has 254 valence electrons. The predicted octanol–water partition coefficient (Wildman–Crippen LogP) is 3.37. The van der Waals surface area contributed by atoms with Gasteiger partial charge in [0.15, 0.2) is 12.6 Å². The van der Waals surface area contributed by atoms with Gasteiger partial charge in [0.1, 0.15) is 24.9 Å². The Morgan fingerprint density at radius 2 is 1.64 bits per heavy atom. The first kappa shape index (κ1) is 32.4. The first-order valence-corrected chi connectivity index (χ1v) is 17.6. The molecule has 8 unspecified atom stereocenters. The highest BCUT2D eigenvalue weighted by atomic mass is 16.7. The Morgan fingerprint density at radius 3 is 2.38 bits per heavy atom. The van der Waals surface area contributed by atoms with Crippen molar-refractivity contribution >= 4 is 5.97 Å². The van der Waals surface area contributed by atoms with Gasteiger partial charge in [-0.05, 0) is 113 Å². The number of ether oxygens (including phenoxy) is 5. The van der Waals surface area contributed by atoms with E-state index in [0.29, 0.717) is 31.3 Å². The van der Waals surface area contributed by atoms with Gasteiger partial charge in [0.2, 0.25) is 0 Å². The first-order valence-electron chi connectivity index (χ1n) is 17.6. The van der Waals surface area contributed by atoms with Crippen molar-refractivity contribution < 1.29 is 48.9 Å². The average Bonchev–Trinajstić information content (AvgIpc) is 3.55. The number of hydrogen-bond donors (Lipinski definition) is 4. The van der Waals surface area contributed by atoms with Crippen molar-refractivity contribution in [2.24, 2.45) is 34.5 Å². The third kappa shape index (κ3) is 5.25. The minimum absolute atomic E-state index is 0.0805. The molecule has 2 saturated heterocycles. The highest BCUT2D eigenvalue weighted by Crippen LogP contribution is 2.70. The molecule has 16 atom stereocenters. The van der Waals surface area contributed by atoms with Gasteiger partial charge in [-0.2, -0.15) is 0 Å². The summed E-state index contributed by atoms with van der Waals surface area (Å²) in [5.41, 5.74) is 0.186. The second-order valence-corrected chi connectivity index (χ2v) is 16.0. The number of esters is 1. The van der Waals surface area contributed by atoms with Crippen LogP contribution in [-0.2, 0) is 28.5 Å². The maximum atomic E-state index is 12.5. The quantitative estimate of drug-likeness (QED) is 0.263. The van der Waals surface area contributed by atoms with Crippen LogP contribution in [0.5, 0.6) is 0 Å². The molecule has 45 heavy (non-hydrogen) atoms. The summed E-state index contributed by atoms with van der Waals surface area (Å²) in [5.74, 6) is 1.07. The zero-order chi connectivity index (χ0) is 31.9. The lowest BCUT2D eigenvalue weighted by Gasteiger charge is -2.64. The van der Waals surface area contributed by atoms with Crippen LogP contribution in [0, 0.1) is 34.5 Å². The summed E-state index contributed by atoms with van der Waals surface area (Å²) in [6, 6.07) is 0. The van der Waals surface area contributed by atoms with Crippen LogP contribution in [0.4, 0.5) is 0 Å². The van der Waals surface area contributed by atoms with Crippen LogP contribution in [0.25, 0.3) is 0 Å². The van der Waals surface area contributed by atoms with Crippen LogP contribution in [0.3, 0.4) is 0 Å². The van der Waals surface area contributed by atoms with Crippen LogP contribution in [0.1, 0.15) is 98.3 Å². The number of aliphatic hydroxyl groups is 4. The monoisotopic (exact) mass is 634 g/mol. The van der Waals surface area contributed by atoms with E-state index in [9.17, 15) is 25.2 Å². The molecule has 0 bridgehead atoms. The molecule has 0 aromatic rings. The van der Waals surface area contributed by atoms with Crippen molar-refractivity contribution in [1.29, 1.82) is 0 Å². The fraction of sp³-hybridized carbons (Fsp3) is 0.914. The minimum Gasteiger partial charge on any atom is -0.458 e. The van der Waals surface area contributed by atoms with Crippen molar-refractivity contribution in [3.05, 3.63) is 11.6 Å². The first-order chi connectivity index (χ1) is 21.3. The van der Waals surface area contributed by atoms with Crippen molar-refractivity contribution in [2.75, 3.05) is 6.61 Å². The summed E-state index contributed by atoms with van der Waals surface area (Å²) < 4.78 is 29.6. The molecule has 6 fully saturated rings. The fourth-order valence-corrected chi connectivity index (χ4v) is 11.2. The molecule has 10 heteroatoms. The van der Waals surface area contributed by atoms with E-state index >= 15 is 0 Å². The van der Waals surface area contributed by atoms with Gasteiger partial charge in [0.05, 0.1) is 30.0 Å². The molecule has 7 aliphatic rings. The molecule has 3 heterocycles. The summed E-state index contributed by atoms with van der Waals surface area (Å²) >= 11 is 0. The van der Waals surface area contributed by atoms with Gasteiger partial charge in [-0.15, -0.1) is 0 Å². The van der Waals surface area contributed by atoms with E-state index < -0.39 is 48.7 Å². The molecule has 7 rings (SSSR count). The highest BCUT2D eigenvalue weighted by molar-refractivity contribution is 5.85. The summed E-state index contributed by atoms with van der Waals surface area (Å²) in [6.07, 6.45) is 4.86. The number of fused-ring (bicyclic) bond motifs is 5. The van der Waals surface area contributed by atoms with E-state index in [4.69, 9.17) is 23.7 Å². The topological polar surface area (TPSA) is 144 Å². The van der Waals surface area contributed by atoms with E-state index in [1.807, 2.05) is 0 Å². The smallest absolute Gasteiger partial charge is 0.331 e. The lowest BCUT2D eigenvalue weighted by Crippen LogP contribution is -2.63. The van der Waals surface area contributed by atoms with E-state index in [2.05, 4.69) is 13.8 Å². The van der Waals surface area contributed by atoms with Crippen LogP contribution >= 0.6 is 0 Å². The van der Waals surface area contributed by atoms with Gasteiger partial charge in [-0.25, -0.2) is 4.79 Å². The summed E-state index contributed by atoms with van der Waals surface area (Å²) in [4.78, 5) is 11.9. The fourth-order valence-electron chi connectivity index (χ4n) is 11.2. The number of aliphatic hydroxyl groups excluding tert-OH is 3. The Bertz CT molecular complexity index is 1160. The Hall–Kier alpha value is -1.11. The highest BCUT2D eigenvalue weighted by Gasteiger charge is 2.67. The third-order valence-corrected chi connectivity index (χ3v) is 14.0. The van der Waals surface area contributed by atoms with Gasteiger partial charge < -0.3 is 44.1 Å². The van der Waals surface area contributed by atoms with E-state index in [0.717, 1.165) is 63.4 Å². The van der Waals surface area contributed by atoms with Crippen LogP contribution in [-0.4, -0.2) is 93.9 Å². The molecule has 4 aliphatic carbocycles. The molecule has 0 aromatic carbocycles. The number of carbonyl (C=O) groups excluding carboxylic acids is 1. The molecule has 0 radical (unpaired) electrons. The Kier molecular flexibility index (Phi) is 8.50. The molecular weight excluding hydrogens is 580 g/mol. The van der Waals surface area contributed by atoms with E-state index in [1.54, 1.807) is 19.9 Å². The van der Waals surface area contributed by atoms with Gasteiger partial charge in [-0.1, -0.05) is 13.8 Å². The zero-order valence-corrected chi connectivity index (χ0v) is 27.3. The Morgan fingerprint density at radius 1 is 0.844 bits per heavy atom. The van der Waals surface area contributed by atoms with Crippen LogP contribution in [0.15, 0.2) is 11.6 Å². The SMILES string of the molecule is CC1OC(O[C@@H]2[C@H](O)C(O[C@H]3CCC4(C)C5CCC6(C)[C@@H](C7=CC(=O)OC7)CC[C@]6(O)C5CC[C@@H]4C3)OC(C)[C@@H]2O)CC[C@H]1O. The predicted molar refractivity (Wildman–Crippen MR) is 161 cm³/mol. The number of carbonyl (C=O) groups is 1. The zero-order valence-electron chi connectivity index (χ0n) is 27.3. The minimum atomic E-state index is -1.18. The van der Waals surface area contributed by atoms with Crippen molar-refractivity contribution in [2.45, 2.75) is 159 Å². The van der Waals surface area contributed by atoms with Gasteiger partial charge >= 0.3 is 5.97 Å². The maximum absolute atomic E-state index is 12.5. The third-order valence-electron chi connectivity index (χ3n) is 14.0. The van der Waals surface area contributed by atoms with Gasteiger partial charge in [0.25, 0.3) is 0 Å². The summed E-state index contributed by atoms with van der Waals surface area (Å²) in [6.45, 7) is 8.62. The van der Waals surface area contributed by atoms with Crippen molar-refractivity contribution in [1.82, 2.24) is 0 Å². The van der Waals surface area contributed by atoms with Gasteiger partial charge in [0, 0.05) is 17.9 Å². The largest absolute Gasteiger partial charge is 0.458 e. The summed E-state index contributed by atoms with van der Waals surface area (Å²) in [7, 11) is 0. The number of cyclic esters (lactones) is 1. The van der Waals surface area contributed by atoms with E-state index in [1.165, 1.54) is 0 Å². The second-order valence-electron chi connectivity index (χ2n) is 16.0. The standard InChI is InChI=1S/C35H54O10/c1-18-26(36)7-8-28(42-18)45-31-29(38)19(2)43-32(30(31)39)44-22-9-12-33(3)21(16-22)5-6-25-24(33)10-13-34(4)23(11-14-35(25,34)40)20-15-27(37)41-17-20/h15,18-19,21-26,28-32,36,38-40H,5-14,16-17H2,1-4H3/t18?,19?,21-,22+,23-,24?,25?,26-,28?,29+,30+,31+,32?,33?,34?,35+/m1/s1. The number of rotatable bonds is 5. The molecule has 10 nitrogen and oxygen atoms in total. The average molecular weight is 635 g/mol. The molecular formula is C35H54O10. The Labute approximate surface area is 266 Å². The second kappa shape index (κ2) is 11.8. The number of hydrogen-bond acceptors (Lipinski definition) is 10. The summed E-state index contributed by atoms with van der Waals surface area (Å²) in [5, 5.41) is 44.7. The molecule has 3 aliphatic heterocycles. The molecule has 4 N–H and O–H groups in total. The molecule has 4 saturated carbocycles. The van der Waals surface area contributed by atoms with E-state index in [-0.39, 0.29) is 40.8 Å². The van der Waals surface area contributed by atoms with Gasteiger partial charge in [-0.3, -0.25) is 0 Å². The van der Waals surface area contributed by atoms with Crippen LogP contribution < -0.4 is 0 Å². The van der Waals surface area contributed by atoms with Crippen molar-refractivity contribution in [3.8, 4) is 0 Å². The normalized spacial score (nSPS) is 54.9. The van der Waals surface area contributed by atoms with Crippen molar-refractivity contribution in [3.63, 3.8) is 0 Å². The lowest BCUT2D eigenvalue weighted by atomic mass is 9.43. The molecule has 0 spiro atoms.